The first-order chi connectivity index (χ1) is 9.10. The largest absolute Gasteiger partial charge is 0.301 e. The molecule has 0 aliphatic carbocycles. The van der Waals surface area contributed by atoms with Crippen LogP contribution < -0.4 is 5.56 Å². The van der Waals surface area contributed by atoms with Gasteiger partial charge in [-0.2, -0.15) is 0 Å². The summed E-state index contributed by atoms with van der Waals surface area (Å²) in [6.45, 7) is 3.90. The maximum atomic E-state index is 12.1. The highest BCUT2D eigenvalue weighted by molar-refractivity contribution is 7.99. The van der Waals surface area contributed by atoms with E-state index in [0.717, 1.165) is 17.0 Å². The summed E-state index contributed by atoms with van der Waals surface area (Å²) in [5.41, 5.74) is 2.49. The lowest BCUT2D eigenvalue weighted by atomic mass is 10.1. The van der Waals surface area contributed by atoms with Gasteiger partial charge in [0.2, 0.25) is 0 Å². The Bertz CT molecular complexity index is 622. The lowest BCUT2D eigenvalue weighted by Gasteiger charge is -2.06. The van der Waals surface area contributed by atoms with Crippen molar-refractivity contribution in [3.05, 3.63) is 56.5 Å². The van der Waals surface area contributed by atoms with E-state index in [1.54, 1.807) is 0 Å². The normalized spacial score (nSPS) is 10.7. The van der Waals surface area contributed by atoms with Gasteiger partial charge in [-0.1, -0.05) is 42.4 Å². The summed E-state index contributed by atoms with van der Waals surface area (Å²) >= 11 is 7.39. The highest BCUT2D eigenvalue weighted by Gasteiger charge is 2.09. The molecule has 2 rings (SSSR count). The number of aromatic amines is 1. The van der Waals surface area contributed by atoms with Gasteiger partial charge in [-0.15, -0.1) is 0 Å². The average molecular weight is 295 g/mol. The number of thioether (sulfide) groups is 1. The number of halogens is 1. The predicted octanol–water partition coefficient (Wildman–Crippen LogP) is 3.43. The summed E-state index contributed by atoms with van der Waals surface area (Å²) in [6.07, 6.45) is 0.572. The van der Waals surface area contributed by atoms with Crippen molar-refractivity contribution in [2.75, 3.05) is 5.75 Å². The van der Waals surface area contributed by atoms with E-state index in [1.165, 1.54) is 11.8 Å². The van der Waals surface area contributed by atoms with Gasteiger partial charge in [-0.05, 0) is 30.4 Å². The van der Waals surface area contributed by atoms with Crippen LogP contribution in [-0.4, -0.2) is 15.7 Å². The minimum atomic E-state index is -0.0570. The van der Waals surface area contributed by atoms with E-state index in [0.29, 0.717) is 22.2 Å². The standard InChI is InChI=1S/C14H15ClN2OS/c1-3-19-14-16-9(2)12(13(18)17-14)8-10-4-6-11(15)7-5-10/h4-7H,3,8H2,1-2H3,(H,16,17,18). The molecule has 0 amide bonds. The van der Waals surface area contributed by atoms with Crippen LogP contribution in [0.1, 0.15) is 23.7 Å². The average Bonchev–Trinajstić information content (AvgIpc) is 2.36. The fourth-order valence-electron chi connectivity index (χ4n) is 1.80. The Labute approximate surface area is 121 Å². The molecule has 0 radical (unpaired) electrons. The van der Waals surface area contributed by atoms with E-state index in [4.69, 9.17) is 11.6 Å². The third-order valence-corrected chi connectivity index (χ3v) is 3.78. The van der Waals surface area contributed by atoms with E-state index in [2.05, 4.69) is 9.97 Å². The number of hydrogen-bond donors (Lipinski definition) is 1. The number of aromatic nitrogens is 2. The third kappa shape index (κ3) is 3.61. The number of H-pyrrole nitrogens is 1. The Kier molecular flexibility index (Phi) is 4.66. The minimum Gasteiger partial charge on any atom is -0.301 e. The summed E-state index contributed by atoms with van der Waals surface area (Å²) < 4.78 is 0. The Morgan fingerprint density at radius 2 is 2.00 bits per heavy atom. The first-order valence-corrected chi connectivity index (χ1v) is 7.43. The SMILES string of the molecule is CCSc1nc(C)c(Cc2ccc(Cl)cc2)c(=O)[nH]1. The molecule has 5 heteroatoms. The number of hydrogen-bond acceptors (Lipinski definition) is 3. The first kappa shape index (κ1) is 14.2. The Hall–Kier alpha value is -1.26. The van der Waals surface area contributed by atoms with Crippen LogP contribution in [0.4, 0.5) is 0 Å². The highest BCUT2D eigenvalue weighted by Crippen LogP contribution is 2.15. The molecular weight excluding hydrogens is 280 g/mol. The molecule has 0 aliphatic rings. The number of rotatable bonds is 4. The molecule has 19 heavy (non-hydrogen) atoms. The van der Waals surface area contributed by atoms with Gasteiger partial charge >= 0.3 is 0 Å². The van der Waals surface area contributed by atoms with Gasteiger partial charge in [-0.3, -0.25) is 4.79 Å². The van der Waals surface area contributed by atoms with Gasteiger partial charge in [0.15, 0.2) is 5.16 Å². The summed E-state index contributed by atoms with van der Waals surface area (Å²) in [6, 6.07) is 7.51. The van der Waals surface area contributed by atoms with Crippen LogP contribution in [0.2, 0.25) is 5.02 Å². The number of nitrogens with one attached hydrogen (secondary N) is 1. The molecule has 0 saturated carbocycles. The molecule has 1 heterocycles. The molecule has 0 atom stereocenters. The molecule has 1 N–H and O–H groups in total. The zero-order valence-electron chi connectivity index (χ0n) is 10.9. The Morgan fingerprint density at radius 3 is 2.58 bits per heavy atom. The van der Waals surface area contributed by atoms with Crippen molar-refractivity contribution in [2.24, 2.45) is 0 Å². The van der Waals surface area contributed by atoms with E-state index in [-0.39, 0.29) is 5.56 Å². The van der Waals surface area contributed by atoms with Crippen LogP contribution in [0.25, 0.3) is 0 Å². The summed E-state index contributed by atoms with van der Waals surface area (Å²) in [5.74, 6) is 0.888. The van der Waals surface area contributed by atoms with Crippen LogP contribution in [0, 0.1) is 6.92 Å². The summed E-state index contributed by atoms with van der Waals surface area (Å²) in [4.78, 5) is 19.3. The van der Waals surface area contributed by atoms with Crippen molar-refractivity contribution >= 4 is 23.4 Å². The van der Waals surface area contributed by atoms with Crippen molar-refractivity contribution in [2.45, 2.75) is 25.4 Å². The topological polar surface area (TPSA) is 45.8 Å². The molecule has 0 spiro atoms. The van der Waals surface area contributed by atoms with Crippen molar-refractivity contribution in [3.63, 3.8) is 0 Å². The molecular formula is C14H15ClN2OS. The van der Waals surface area contributed by atoms with E-state index in [1.807, 2.05) is 38.1 Å². The van der Waals surface area contributed by atoms with Crippen LogP contribution in [0.15, 0.2) is 34.2 Å². The minimum absolute atomic E-state index is 0.0570. The third-order valence-electron chi connectivity index (χ3n) is 2.78. The number of aryl methyl sites for hydroxylation is 1. The monoisotopic (exact) mass is 294 g/mol. The fourth-order valence-corrected chi connectivity index (χ4v) is 2.57. The number of nitrogens with zero attached hydrogens (tertiary/aromatic N) is 1. The number of benzene rings is 1. The van der Waals surface area contributed by atoms with E-state index in [9.17, 15) is 4.79 Å². The molecule has 2 aromatic rings. The molecule has 100 valence electrons. The predicted molar refractivity (Wildman–Crippen MR) is 80.3 cm³/mol. The second-order valence-corrected chi connectivity index (χ2v) is 5.86. The zero-order chi connectivity index (χ0) is 13.8. The second kappa shape index (κ2) is 6.26. The van der Waals surface area contributed by atoms with Crippen LogP contribution in [0.3, 0.4) is 0 Å². The summed E-state index contributed by atoms with van der Waals surface area (Å²) in [7, 11) is 0. The molecule has 3 nitrogen and oxygen atoms in total. The molecule has 0 bridgehead atoms. The maximum absolute atomic E-state index is 12.1. The Balaban J connectivity index is 2.30. The summed E-state index contributed by atoms with van der Waals surface area (Å²) in [5, 5.41) is 1.38. The van der Waals surface area contributed by atoms with E-state index >= 15 is 0 Å². The lowest BCUT2D eigenvalue weighted by Crippen LogP contribution is -2.17. The molecule has 1 aromatic carbocycles. The van der Waals surface area contributed by atoms with Gasteiger partial charge in [0.05, 0.1) is 0 Å². The fraction of sp³-hybridized carbons (Fsp3) is 0.286. The van der Waals surface area contributed by atoms with Gasteiger partial charge < -0.3 is 4.98 Å². The van der Waals surface area contributed by atoms with Crippen LogP contribution in [0.5, 0.6) is 0 Å². The molecule has 0 aliphatic heterocycles. The van der Waals surface area contributed by atoms with Gasteiger partial charge in [0, 0.05) is 22.7 Å². The van der Waals surface area contributed by atoms with Gasteiger partial charge in [-0.25, -0.2) is 4.98 Å². The lowest BCUT2D eigenvalue weighted by molar-refractivity contribution is 0.867. The first-order valence-electron chi connectivity index (χ1n) is 6.07. The molecule has 0 unspecified atom stereocenters. The van der Waals surface area contributed by atoms with Gasteiger partial charge in [0.25, 0.3) is 5.56 Å². The van der Waals surface area contributed by atoms with Crippen molar-refractivity contribution in [3.8, 4) is 0 Å². The quantitative estimate of drug-likeness (QED) is 0.694. The molecule has 0 saturated heterocycles. The molecule has 1 aromatic heterocycles. The smallest absolute Gasteiger partial charge is 0.255 e. The molecule has 0 fully saturated rings. The second-order valence-electron chi connectivity index (χ2n) is 4.17. The van der Waals surface area contributed by atoms with Crippen molar-refractivity contribution < 1.29 is 0 Å². The van der Waals surface area contributed by atoms with Crippen molar-refractivity contribution in [1.82, 2.24) is 9.97 Å². The zero-order valence-corrected chi connectivity index (χ0v) is 12.4. The van der Waals surface area contributed by atoms with Crippen LogP contribution in [-0.2, 0) is 6.42 Å². The van der Waals surface area contributed by atoms with Gasteiger partial charge in [0.1, 0.15) is 0 Å². The van der Waals surface area contributed by atoms with Crippen LogP contribution >= 0.6 is 23.4 Å². The highest BCUT2D eigenvalue weighted by atomic mass is 35.5. The Morgan fingerprint density at radius 1 is 1.32 bits per heavy atom. The maximum Gasteiger partial charge on any atom is 0.255 e. The van der Waals surface area contributed by atoms with Crippen molar-refractivity contribution in [1.29, 1.82) is 0 Å². The van der Waals surface area contributed by atoms with E-state index < -0.39 is 0 Å².